The lowest BCUT2D eigenvalue weighted by Crippen LogP contribution is -1.97. The Hall–Kier alpha value is -2.69. The largest absolute Gasteiger partial charge is 0.478 e. The average Bonchev–Trinajstić information content (AvgIpc) is 2.39. The highest BCUT2D eigenvalue weighted by Crippen LogP contribution is 2.21. The summed E-state index contributed by atoms with van der Waals surface area (Å²) in [5.41, 5.74) is 0.498. The van der Waals surface area contributed by atoms with Crippen molar-refractivity contribution in [2.75, 3.05) is 0 Å². The number of pyridine rings is 1. The van der Waals surface area contributed by atoms with Gasteiger partial charge in [-0.25, -0.2) is 9.78 Å². The molecule has 0 aliphatic rings. The van der Waals surface area contributed by atoms with Crippen LogP contribution in [-0.2, 0) is 0 Å². The van der Waals surface area contributed by atoms with Crippen LogP contribution in [0.3, 0.4) is 0 Å². The fourth-order valence-corrected chi connectivity index (χ4v) is 1.48. The molecule has 1 heterocycles. The van der Waals surface area contributed by atoms with E-state index in [4.69, 9.17) is 9.84 Å². The number of rotatable bonds is 4. The number of hydrogen-bond donors (Lipinski definition) is 1. The van der Waals surface area contributed by atoms with Crippen LogP contribution < -0.4 is 4.74 Å². The van der Waals surface area contributed by atoms with E-state index in [0.717, 1.165) is 0 Å². The first-order chi connectivity index (χ1) is 9.06. The van der Waals surface area contributed by atoms with E-state index in [9.17, 15) is 9.59 Å². The van der Waals surface area contributed by atoms with Gasteiger partial charge >= 0.3 is 5.97 Å². The van der Waals surface area contributed by atoms with Crippen molar-refractivity contribution < 1.29 is 19.4 Å². The van der Waals surface area contributed by atoms with Crippen molar-refractivity contribution in [3.8, 4) is 11.5 Å². The van der Waals surface area contributed by atoms with Crippen LogP contribution in [0.5, 0.6) is 11.5 Å². The predicted octanol–water partition coefficient (Wildman–Crippen LogP) is 2.77. The number of aromatic nitrogens is 1. The van der Waals surface area contributed by atoms with Crippen LogP contribution >= 0.6 is 0 Å². The molecule has 0 spiro atoms. The number of aromatic carboxylic acids is 1. The monoisotopic (exact) mass is 257 g/mol. The molecule has 1 aromatic carbocycles. The summed E-state index contributed by atoms with van der Waals surface area (Å²) in [5.74, 6) is -0.306. The van der Waals surface area contributed by atoms with Crippen molar-refractivity contribution in [2.45, 2.75) is 6.92 Å². The second-order valence-electron chi connectivity index (χ2n) is 3.87. The number of nitrogens with zero attached hydrogens (tertiary/aromatic N) is 1. The van der Waals surface area contributed by atoms with Crippen LogP contribution in [0.2, 0.25) is 0 Å². The van der Waals surface area contributed by atoms with Crippen molar-refractivity contribution in [2.24, 2.45) is 0 Å². The van der Waals surface area contributed by atoms with Crippen LogP contribution in [0.1, 0.15) is 27.8 Å². The normalized spacial score (nSPS) is 9.95. The summed E-state index contributed by atoms with van der Waals surface area (Å²) in [6, 6.07) is 9.30. The molecule has 96 valence electrons. The fourth-order valence-electron chi connectivity index (χ4n) is 1.48. The molecule has 2 rings (SSSR count). The molecule has 5 nitrogen and oxygen atoms in total. The van der Waals surface area contributed by atoms with Gasteiger partial charge < -0.3 is 9.84 Å². The molecule has 0 radical (unpaired) electrons. The molecular weight excluding hydrogens is 246 g/mol. The van der Waals surface area contributed by atoms with Gasteiger partial charge in [0.1, 0.15) is 17.2 Å². The molecule has 1 aromatic heterocycles. The van der Waals surface area contributed by atoms with Gasteiger partial charge in [0.25, 0.3) is 0 Å². The number of carbonyl (C=O) groups is 2. The number of benzene rings is 1. The third kappa shape index (κ3) is 3.16. The van der Waals surface area contributed by atoms with Crippen molar-refractivity contribution in [1.29, 1.82) is 0 Å². The van der Waals surface area contributed by atoms with Gasteiger partial charge in [-0.1, -0.05) is 6.07 Å². The minimum absolute atomic E-state index is 0.126. The summed E-state index contributed by atoms with van der Waals surface area (Å²) in [4.78, 5) is 25.8. The standard InChI is InChI=1S/C14H11NO4/c1-9(16)13-6-5-12(8-15-13)19-11-4-2-3-10(7-11)14(17)18/h2-8H,1H3,(H,17,18). The first-order valence-electron chi connectivity index (χ1n) is 5.54. The third-order valence-corrected chi connectivity index (χ3v) is 2.41. The zero-order chi connectivity index (χ0) is 13.8. The van der Waals surface area contributed by atoms with E-state index < -0.39 is 5.97 Å². The lowest BCUT2D eigenvalue weighted by atomic mass is 10.2. The second kappa shape index (κ2) is 5.30. The van der Waals surface area contributed by atoms with Crippen LogP contribution in [-0.4, -0.2) is 21.8 Å². The number of ketones is 1. The Morgan fingerprint density at radius 2 is 1.95 bits per heavy atom. The molecule has 0 atom stereocenters. The molecule has 0 aliphatic carbocycles. The Morgan fingerprint density at radius 1 is 1.16 bits per heavy atom. The molecule has 0 bridgehead atoms. The smallest absolute Gasteiger partial charge is 0.335 e. The fraction of sp³-hybridized carbons (Fsp3) is 0.0714. The van der Waals surface area contributed by atoms with Gasteiger partial charge in [-0.15, -0.1) is 0 Å². The first kappa shape index (κ1) is 12.8. The highest BCUT2D eigenvalue weighted by atomic mass is 16.5. The average molecular weight is 257 g/mol. The molecule has 5 heteroatoms. The number of carboxylic acid groups (broad SMARTS) is 1. The zero-order valence-corrected chi connectivity index (χ0v) is 10.2. The molecule has 2 aromatic rings. The molecule has 19 heavy (non-hydrogen) atoms. The summed E-state index contributed by atoms with van der Waals surface area (Å²) >= 11 is 0. The van der Waals surface area contributed by atoms with Crippen molar-refractivity contribution in [3.63, 3.8) is 0 Å². The summed E-state index contributed by atoms with van der Waals surface area (Å²) in [6.07, 6.45) is 1.42. The van der Waals surface area contributed by atoms with E-state index in [0.29, 0.717) is 17.2 Å². The number of carboxylic acids is 1. The Bertz CT molecular complexity index is 620. The van der Waals surface area contributed by atoms with Gasteiger partial charge in [0.05, 0.1) is 11.8 Å². The number of hydrogen-bond acceptors (Lipinski definition) is 4. The van der Waals surface area contributed by atoms with E-state index in [-0.39, 0.29) is 11.3 Å². The van der Waals surface area contributed by atoms with E-state index >= 15 is 0 Å². The maximum absolute atomic E-state index is 11.1. The SMILES string of the molecule is CC(=O)c1ccc(Oc2cccc(C(=O)O)c2)cn1. The van der Waals surface area contributed by atoms with Gasteiger partial charge in [0.2, 0.25) is 0 Å². The minimum Gasteiger partial charge on any atom is -0.478 e. The summed E-state index contributed by atoms with van der Waals surface area (Å²) in [7, 11) is 0. The topological polar surface area (TPSA) is 76.5 Å². The molecular formula is C14H11NO4. The summed E-state index contributed by atoms with van der Waals surface area (Å²) < 4.78 is 5.47. The lowest BCUT2D eigenvalue weighted by Gasteiger charge is -2.06. The highest BCUT2D eigenvalue weighted by molar-refractivity contribution is 5.92. The molecule has 0 aliphatic heterocycles. The third-order valence-electron chi connectivity index (χ3n) is 2.41. The van der Waals surface area contributed by atoms with Crippen LogP contribution in [0.15, 0.2) is 42.6 Å². The molecule has 1 N–H and O–H groups in total. The maximum atomic E-state index is 11.1. The molecule has 0 saturated heterocycles. The van der Waals surface area contributed by atoms with Gasteiger partial charge in [-0.2, -0.15) is 0 Å². The Balaban J connectivity index is 2.19. The minimum atomic E-state index is -1.02. The molecule has 0 amide bonds. The Morgan fingerprint density at radius 3 is 2.53 bits per heavy atom. The quantitative estimate of drug-likeness (QED) is 0.852. The summed E-state index contributed by atoms with van der Waals surface area (Å²) in [5, 5.41) is 8.87. The van der Waals surface area contributed by atoms with E-state index in [2.05, 4.69) is 4.98 Å². The number of carbonyl (C=O) groups excluding carboxylic acids is 1. The lowest BCUT2D eigenvalue weighted by molar-refractivity contribution is 0.0696. The van der Waals surface area contributed by atoms with Crippen molar-refractivity contribution in [1.82, 2.24) is 4.98 Å². The van der Waals surface area contributed by atoms with E-state index in [1.807, 2.05) is 0 Å². The molecule has 0 fully saturated rings. The van der Waals surface area contributed by atoms with Crippen LogP contribution in [0, 0.1) is 0 Å². The van der Waals surface area contributed by atoms with Gasteiger partial charge in [0, 0.05) is 6.92 Å². The second-order valence-corrected chi connectivity index (χ2v) is 3.87. The van der Waals surface area contributed by atoms with Gasteiger partial charge in [-0.3, -0.25) is 4.79 Å². The molecule has 0 saturated carbocycles. The maximum Gasteiger partial charge on any atom is 0.335 e. The predicted molar refractivity (Wildman–Crippen MR) is 67.7 cm³/mol. The number of Topliss-reactive ketones (excluding diaryl/α,β-unsaturated/α-hetero) is 1. The Kier molecular flexibility index (Phi) is 3.56. The van der Waals surface area contributed by atoms with Crippen LogP contribution in [0.25, 0.3) is 0 Å². The number of ether oxygens (including phenoxy) is 1. The van der Waals surface area contributed by atoms with E-state index in [1.165, 1.54) is 25.3 Å². The molecule has 0 unspecified atom stereocenters. The van der Waals surface area contributed by atoms with Crippen molar-refractivity contribution in [3.05, 3.63) is 53.9 Å². The summed E-state index contributed by atoms with van der Waals surface area (Å²) in [6.45, 7) is 1.43. The van der Waals surface area contributed by atoms with Gasteiger partial charge in [-0.05, 0) is 30.3 Å². The first-order valence-corrected chi connectivity index (χ1v) is 5.54. The van der Waals surface area contributed by atoms with Crippen LogP contribution in [0.4, 0.5) is 0 Å². The Labute approximate surface area is 109 Å². The zero-order valence-electron chi connectivity index (χ0n) is 10.2. The van der Waals surface area contributed by atoms with Crippen molar-refractivity contribution >= 4 is 11.8 Å². The van der Waals surface area contributed by atoms with Gasteiger partial charge in [0.15, 0.2) is 5.78 Å². The highest BCUT2D eigenvalue weighted by Gasteiger charge is 2.06. The van der Waals surface area contributed by atoms with E-state index in [1.54, 1.807) is 24.3 Å².